The lowest BCUT2D eigenvalue weighted by molar-refractivity contribution is 0.0844. The molecule has 30 heavy (non-hydrogen) atoms. The van der Waals surface area contributed by atoms with Gasteiger partial charge in [-0.3, -0.25) is 30.5 Å². The normalized spacial score (nSPS) is 13.2. The quantitative estimate of drug-likeness (QED) is 0.458. The molecule has 0 spiro atoms. The number of aromatic amines is 1. The van der Waals surface area contributed by atoms with E-state index in [1.54, 1.807) is 6.07 Å². The van der Waals surface area contributed by atoms with Crippen molar-refractivity contribution in [2.45, 2.75) is 18.8 Å². The Morgan fingerprint density at radius 2 is 1.63 bits per heavy atom. The van der Waals surface area contributed by atoms with Crippen LogP contribution >= 0.6 is 0 Å². The predicted molar refractivity (Wildman–Crippen MR) is 113 cm³/mol. The van der Waals surface area contributed by atoms with Crippen LogP contribution in [0, 0.1) is 0 Å². The summed E-state index contributed by atoms with van der Waals surface area (Å²) in [4.78, 5) is 30.0. The average Bonchev–Trinajstić information content (AvgIpc) is 3.53. The first-order valence-corrected chi connectivity index (χ1v) is 9.80. The van der Waals surface area contributed by atoms with Gasteiger partial charge in [-0.15, -0.1) is 0 Å². The molecular formula is C23H19N5O2. The highest BCUT2D eigenvalue weighted by Crippen LogP contribution is 2.40. The number of rotatable bonds is 4. The number of benzene rings is 2. The molecule has 0 saturated heterocycles. The lowest BCUT2D eigenvalue weighted by Gasteiger charge is -2.10. The fourth-order valence-electron chi connectivity index (χ4n) is 3.42. The Balaban J connectivity index is 1.33. The van der Waals surface area contributed by atoms with Crippen molar-refractivity contribution in [3.8, 4) is 11.3 Å². The van der Waals surface area contributed by atoms with Crippen LogP contribution in [0.15, 0.2) is 66.7 Å². The minimum Gasteiger partial charge on any atom is -0.272 e. The highest BCUT2D eigenvalue weighted by molar-refractivity contribution is 6.07. The summed E-state index contributed by atoms with van der Waals surface area (Å²) >= 11 is 0. The molecule has 0 bridgehead atoms. The van der Waals surface area contributed by atoms with Gasteiger partial charge >= 0.3 is 0 Å². The number of H-pyrrole nitrogens is 1. The minimum absolute atomic E-state index is 0.257. The third-order valence-electron chi connectivity index (χ3n) is 5.16. The van der Waals surface area contributed by atoms with Crippen molar-refractivity contribution in [3.05, 3.63) is 83.7 Å². The van der Waals surface area contributed by atoms with Gasteiger partial charge in [-0.2, -0.15) is 5.10 Å². The molecule has 2 heterocycles. The van der Waals surface area contributed by atoms with E-state index >= 15 is 0 Å². The summed E-state index contributed by atoms with van der Waals surface area (Å²) < 4.78 is 0. The summed E-state index contributed by atoms with van der Waals surface area (Å²) in [6.07, 6.45) is 2.18. The van der Waals surface area contributed by atoms with Gasteiger partial charge in [0.2, 0.25) is 0 Å². The molecule has 1 aliphatic carbocycles. The number of nitrogens with zero attached hydrogens (tertiary/aromatic N) is 2. The Labute approximate surface area is 172 Å². The van der Waals surface area contributed by atoms with Gasteiger partial charge in [-0.25, -0.2) is 0 Å². The maximum absolute atomic E-state index is 12.8. The number of carbonyl (C=O) groups is 2. The van der Waals surface area contributed by atoms with Crippen LogP contribution in [0.25, 0.3) is 22.2 Å². The van der Waals surface area contributed by atoms with Gasteiger partial charge in [0.05, 0.1) is 16.8 Å². The number of pyridine rings is 1. The van der Waals surface area contributed by atoms with Crippen molar-refractivity contribution in [1.82, 2.24) is 26.0 Å². The molecule has 4 aromatic rings. The molecule has 0 aliphatic heterocycles. The van der Waals surface area contributed by atoms with Gasteiger partial charge < -0.3 is 0 Å². The topological polar surface area (TPSA) is 99.8 Å². The number of hydrogen-bond donors (Lipinski definition) is 3. The molecule has 5 rings (SSSR count). The zero-order valence-electron chi connectivity index (χ0n) is 16.1. The van der Waals surface area contributed by atoms with Gasteiger partial charge in [0.1, 0.15) is 5.69 Å². The van der Waals surface area contributed by atoms with E-state index in [1.165, 1.54) is 0 Å². The first-order chi connectivity index (χ1) is 14.7. The summed E-state index contributed by atoms with van der Waals surface area (Å²) in [5.41, 5.74) is 8.98. The van der Waals surface area contributed by atoms with Crippen molar-refractivity contribution < 1.29 is 9.59 Å². The van der Waals surface area contributed by atoms with Crippen LogP contribution in [0.5, 0.6) is 0 Å². The third kappa shape index (κ3) is 3.53. The van der Waals surface area contributed by atoms with E-state index in [4.69, 9.17) is 0 Å². The largest absolute Gasteiger partial charge is 0.287 e. The molecule has 0 atom stereocenters. The second kappa shape index (κ2) is 7.44. The van der Waals surface area contributed by atoms with Crippen LogP contribution in [0.4, 0.5) is 0 Å². The zero-order valence-corrected chi connectivity index (χ0v) is 16.1. The van der Waals surface area contributed by atoms with Gasteiger partial charge in [0, 0.05) is 22.6 Å². The van der Waals surface area contributed by atoms with Crippen molar-refractivity contribution in [3.63, 3.8) is 0 Å². The maximum Gasteiger partial charge on any atom is 0.287 e. The fourth-order valence-corrected chi connectivity index (χ4v) is 3.42. The number of nitrogens with one attached hydrogen (secondary N) is 3. The number of aromatic nitrogens is 3. The molecular weight excluding hydrogens is 378 g/mol. The van der Waals surface area contributed by atoms with Crippen molar-refractivity contribution >= 4 is 22.7 Å². The molecule has 1 aliphatic rings. The molecule has 7 heteroatoms. The SMILES string of the molecule is O=C(NNC(=O)c1cc(C2CC2)nc2ccccc12)c1cc(-c2ccccc2)n[nH]1. The molecule has 0 unspecified atom stereocenters. The van der Waals surface area contributed by atoms with E-state index in [1.807, 2.05) is 60.7 Å². The van der Waals surface area contributed by atoms with Gasteiger partial charge in [-0.1, -0.05) is 48.5 Å². The maximum atomic E-state index is 12.8. The minimum atomic E-state index is -0.473. The second-order valence-electron chi connectivity index (χ2n) is 7.33. The smallest absolute Gasteiger partial charge is 0.272 e. The first kappa shape index (κ1) is 18.1. The Morgan fingerprint density at radius 3 is 2.43 bits per heavy atom. The number of para-hydroxylation sites is 1. The van der Waals surface area contributed by atoms with E-state index in [-0.39, 0.29) is 11.6 Å². The van der Waals surface area contributed by atoms with E-state index in [0.29, 0.717) is 17.2 Å². The van der Waals surface area contributed by atoms with Crippen LogP contribution in [-0.4, -0.2) is 27.0 Å². The molecule has 2 aromatic carbocycles. The van der Waals surface area contributed by atoms with Crippen molar-refractivity contribution in [2.24, 2.45) is 0 Å². The Kier molecular flexibility index (Phi) is 4.48. The first-order valence-electron chi connectivity index (χ1n) is 9.80. The van der Waals surface area contributed by atoms with E-state index in [0.717, 1.165) is 35.0 Å². The predicted octanol–water partition coefficient (Wildman–Crippen LogP) is 3.58. The summed E-state index contributed by atoms with van der Waals surface area (Å²) in [7, 11) is 0. The molecule has 2 amide bonds. The van der Waals surface area contributed by atoms with Crippen LogP contribution in [-0.2, 0) is 0 Å². The lowest BCUT2D eigenvalue weighted by atomic mass is 10.1. The van der Waals surface area contributed by atoms with Gasteiger partial charge in [0.15, 0.2) is 0 Å². The summed E-state index contributed by atoms with van der Waals surface area (Å²) in [5.74, 6) is -0.442. The standard InChI is InChI=1S/C23H19N5O2/c29-22(17-12-19(15-10-11-15)24-18-9-5-4-8-16(17)18)27-28-23(30)21-13-20(25-26-21)14-6-2-1-3-7-14/h1-9,12-13,15H,10-11H2,(H,25,26)(H,27,29)(H,28,30). The van der Waals surface area contributed by atoms with E-state index in [9.17, 15) is 9.59 Å². The van der Waals surface area contributed by atoms with Crippen molar-refractivity contribution in [1.29, 1.82) is 0 Å². The Bertz CT molecular complexity index is 1240. The number of hydrogen-bond acceptors (Lipinski definition) is 4. The number of fused-ring (bicyclic) bond motifs is 1. The summed E-state index contributed by atoms with van der Waals surface area (Å²) in [6.45, 7) is 0. The van der Waals surface area contributed by atoms with E-state index in [2.05, 4.69) is 26.0 Å². The Morgan fingerprint density at radius 1 is 0.900 bits per heavy atom. The zero-order chi connectivity index (χ0) is 20.5. The number of amides is 2. The summed E-state index contributed by atoms with van der Waals surface area (Å²) in [6, 6.07) is 20.5. The van der Waals surface area contributed by atoms with Crippen LogP contribution in [0.1, 0.15) is 45.3 Å². The number of carbonyl (C=O) groups excluding carboxylic acids is 2. The molecule has 1 saturated carbocycles. The molecule has 1 fully saturated rings. The third-order valence-corrected chi connectivity index (χ3v) is 5.16. The van der Waals surface area contributed by atoms with Gasteiger partial charge in [-0.05, 0) is 31.0 Å². The molecule has 0 radical (unpaired) electrons. The highest BCUT2D eigenvalue weighted by Gasteiger charge is 2.27. The molecule has 3 N–H and O–H groups in total. The van der Waals surface area contributed by atoms with Crippen LogP contribution < -0.4 is 10.9 Å². The second-order valence-corrected chi connectivity index (χ2v) is 7.33. The van der Waals surface area contributed by atoms with Crippen LogP contribution in [0.3, 0.4) is 0 Å². The monoisotopic (exact) mass is 397 g/mol. The van der Waals surface area contributed by atoms with Gasteiger partial charge in [0.25, 0.3) is 11.8 Å². The Hall–Kier alpha value is -4.00. The highest BCUT2D eigenvalue weighted by atomic mass is 16.2. The fraction of sp³-hybridized carbons (Fsp3) is 0.130. The van der Waals surface area contributed by atoms with Crippen LogP contribution in [0.2, 0.25) is 0 Å². The number of hydrazine groups is 1. The molecule has 2 aromatic heterocycles. The van der Waals surface area contributed by atoms with Crippen molar-refractivity contribution in [2.75, 3.05) is 0 Å². The molecule has 148 valence electrons. The summed E-state index contributed by atoms with van der Waals surface area (Å²) in [5, 5.41) is 7.62. The molecule has 7 nitrogen and oxygen atoms in total. The van der Waals surface area contributed by atoms with E-state index < -0.39 is 5.91 Å². The average molecular weight is 397 g/mol. The lowest BCUT2D eigenvalue weighted by Crippen LogP contribution is -2.41.